The molecular weight excluding hydrogens is 482 g/mol. The van der Waals surface area contributed by atoms with Gasteiger partial charge in [-0.1, -0.05) is 42.5 Å². The molecule has 38 heavy (non-hydrogen) atoms. The Hall–Kier alpha value is -3.49. The maximum absolute atomic E-state index is 13.6. The first-order valence-electron chi connectivity index (χ1n) is 13.3. The Labute approximate surface area is 224 Å². The van der Waals surface area contributed by atoms with Gasteiger partial charge in [-0.2, -0.15) is 0 Å². The van der Waals surface area contributed by atoms with E-state index in [-0.39, 0.29) is 11.6 Å². The van der Waals surface area contributed by atoms with Crippen molar-refractivity contribution in [2.75, 3.05) is 51.3 Å². The Morgan fingerprint density at radius 1 is 1.00 bits per heavy atom. The number of ether oxygens (including phenoxy) is 2. The smallest absolute Gasteiger partial charge is 0.407 e. The van der Waals surface area contributed by atoms with Crippen LogP contribution in [0.3, 0.4) is 0 Å². The zero-order valence-electron chi connectivity index (χ0n) is 22.5. The van der Waals surface area contributed by atoms with E-state index in [0.717, 1.165) is 39.3 Å². The van der Waals surface area contributed by atoms with Crippen molar-refractivity contribution in [2.24, 2.45) is 0 Å². The molecule has 0 aromatic heterocycles. The summed E-state index contributed by atoms with van der Waals surface area (Å²) < 4.78 is 10.7. The first-order valence-corrected chi connectivity index (χ1v) is 13.3. The molecule has 2 aromatic carbocycles. The van der Waals surface area contributed by atoms with Crippen LogP contribution in [0.2, 0.25) is 0 Å². The Morgan fingerprint density at radius 2 is 1.68 bits per heavy atom. The monoisotopic (exact) mass is 519 g/mol. The number of nitrogens with zero attached hydrogens (tertiary/aromatic N) is 1. The number of hydrogen-bond acceptors (Lipinski definition) is 7. The number of carbonyl (C=O) groups excluding carboxylic acids is 3. The first-order chi connectivity index (χ1) is 18.2. The average Bonchev–Trinajstić information content (AvgIpc) is 2.89. The number of ketones is 2. The predicted molar refractivity (Wildman–Crippen MR) is 148 cm³/mol. The van der Waals surface area contributed by atoms with Gasteiger partial charge in [0.05, 0.1) is 18.8 Å². The van der Waals surface area contributed by atoms with Crippen LogP contribution in [0, 0.1) is 0 Å². The van der Waals surface area contributed by atoms with Crippen LogP contribution in [0.1, 0.15) is 71.0 Å². The number of amides is 1. The molecule has 0 bridgehead atoms. The van der Waals surface area contributed by atoms with Crippen molar-refractivity contribution in [3.63, 3.8) is 0 Å². The molecule has 1 fully saturated rings. The molecule has 202 valence electrons. The summed E-state index contributed by atoms with van der Waals surface area (Å²) in [5.74, 6) is -0.300. The van der Waals surface area contributed by atoms with E-state index in [1.807, 2.05) is 45.1 Å². The fourth-order valence-electron chi connectivity index (χ4n) is 4.67. The van der Waals surface area contributed by atoms with Crippen molar-refractivity contribution in [1.29, 1.82) is 0 Å². The summed E-state index contributed by atoms with van der Waals surface area (Å²) in [7, 11) is 0. The van der Waals surface area contributed by atoms with Gasteiger partial charge in [-0.15, -0.1) is 0 Å². The third-order valence-corrected chi connectivity index (χ3v) is 6.45. The van der Waals surface area contributed by atoms with Gasteiger partial charge in [-0.3, -0.25) is 14.5 Å². The van der Waals surface area contributed by atoms with E-state index in [4.69, 9.17) is 9.47 Å². The second-order valence-corrected chi connectivity index (χ2v) is 10.5. The van der Waals surface area contributed by atoms with Gasteiger partial charge in [0, 0.05) is 48.6 Å². The molecule has 0 saturated carbocycles. The SMILES string of the molecule is CC(C)(C)OC(=O)NCC/C=C\c1ccc(NCCCN2CCOCC2)c2c1C(=O)c1ccccc1C2=O. The van der Waals surface area contributed by atoms with Gasteiger partial charge in [0.2, 0.25) is 0 Å². The number of rotatable bonds is 9. The van der Waals surface area contributed by atoms with E-state index in [9.17, 15) is 14.4 Å². The van der Waals surface area contributed by atoms with Crippen LogP contribution in [0.25, 0.3) is 6.08 Å². The topological polar surface area (TPSA) is 97.0 Å². The summed E-state index contributed by atoms with van der Waals surface area (Å²) >= 11 is 0. The zero-order valence-corrected chi connectivity index (χ0v) is 22.5. The molecule has 8 heteroatoms. The molecule has 2 aliphatic rings. The maximum atomic E-state index is 13.6. The molecule has 1 aliphatic carbocycles. The van der Waals surface area contributed by atoms with Crippen LogP contribution >= 0.6 is 0 Å². The normalized spacial score (nSPS) is 15.8. The standard InChI is InChI=1S/C30H37N3O5/c1-30(2,3)38-29(36)32-14-7-6-9-21-12-13-24(31-15-8-16-33-17-19-37-20-18-33)26-25(21)27(34)22-10-4-5-11-23(22)28(26)35/h4-6,9-13,31H,7-8,14-20H2,1-3H3,(H,32,36)/b9-6-. The van der Waals surface area contributed by atoms with Crippen molar-refractivity contribution in [3.05, 3.63) is 70.3 Å². The van der Waals surface area contributed by atoms with Gasteiger partial charge in [0.25, 0.3) is 0 Å². The van der Waals surface area contributed by atoms with Crippen molar-refractivity contribution < 1.29 is 23.9 Å². The van der Waals surface area contributed by atoms with E-state index in [2.05, 4.69) is 15.5 Å². The fourth-order valence-corrected chi connectivity index (χ4v) is 4.67. The van der Waals surface area contributed by atoms with Crippen molar-refractivity contribution in [1.82, 2.24) is 10.2 Å². The van der Waals surface area contributed by atoms with Crippen molar-refractivity contribution in [3.8, 4) is 0 Å². The highest BCUT2D eigenvalue weighted by Crippen LogP contribution is 2.35. The highest BCUT2D eigenvalue weighted by molar-refractivity contribution is 6.31. The number of morpholine rings is 1. The third kappa shape index (κ3) is 6.88. The molecule has 2 N–H and O–H groups in total. The summed E-state index contributed by atoms with van der Waals surface area (Å²) in [6.45, 7) is 10.9. The van der Waals surface area contributed by atoms with Crippen LogP contribution in [-0.2, 0) is 9.47 Å². The average molecular weight is 520 g/mol. The molecule has 0 atom stereocenters. The summed E-state index contributed by atoms with van der Waals surface area (Å²) in [6, 6.07) is 10.7. The van der Waals surface area contributed by atoms with E-state index in [1.165, 1.54) is 0 Å². The molecule has 1 heterocycles. The van der Waals surface area contributed by atoms with Gasteiger partial charge in [-0.25, -0.2) is 4.79 Å². The highest BCUT2D eigenvalue weighted by atomic mass is 16.6. The van der Waals surface area contributed by atoms with E-state index < -0.39 is 11.7 Å². The number of alkyl carbamates (subject to hydrolysis) is 1. The molecule has 0 radical (unpaired) electrons. The number of benzene rings is 2. The second-order valence-electron chi connectivity index (χ2n) is 10.5. The second kappa shape index (κ2) is 12.4. The van der Waals surface area contributed by atoms with Gasteiger partial charge in [0.15, 0.2) is 11.6 Å². The Balaban J connectivity index is 1.48. The lowest BCUT2D eigenvalue weighted by atomic mass is 9.81. The van der Waals surface area contributed by atoms with E-state index >= 15 is 0 Å². The predicted octanol–water partition coefficient (Wildman–Crippen LogP) is 4.52. The lowest BCUT2D eigenvalue weighted by Crippen LogP contribution is -2.37. The van der Waals surface area contributed by atoms with Crippen LogP contribution in [-0.4, -0.2) is 74.1 Å². The van der Waals surface area contributed by atoms with Crippen LogP contribution in [0.15, 0.2) is 42.5 Å². The first kappa shape index (κ1) is 27.5. The van der Waals surface area contributed by atoms with Gasteiger partial charge >= 0.3 is 6.09 Å². The molecule has 4 rings (SSSR count). The molecule has 2 aromatic rings. The van der Waals surface area contributed by atoms with Crippen LogP contribution in [0.4, 0.5) is 10.5 Å². The lowest BCUT2D eigenvalue weighted by molar-refractivity contribution is 0.0378. The van der Waals surface area contributed by atoms with Gasteiger partial charge in [0.1, 0.15) is 5.60 Å². The lowest BCUT2D eigenvalue weighted by Gasteiger charge is -2.27. The minimum Gasteiger partial charge on any atom is -0.444 e. The molecule has 8 nitrogen and oxygen atoms in total. The van der Waals surface area contributed by atoms with Crippen molar-refractivity contribution in [2.45, 2.75) is 39.2 Å². The summed E-state index contributed by atoms with van der Waals surface area (Å²) in [5.41, 5.74) is 2.51. The molecule has 0 spiro atoms. The molecular formula is C30H37N3O5. The van der Waals surface area contributed by atoms with E-state index in [0.29, 0.717) is 53.0 Å². The van der Waals surface area contributed by atoms with Crippen molar-refractivity contribution >= 4 is 29.4 Å². The number of carbonyl (C=O) groups is 3. The quantitative estimate of drug-likeness (QED) is 0.401. The number of nitrogens with one attached hydrogen (secondary N) is 2. The summed E-state index contributed by atoms with van der Waals surface area (Å²) in [6.07, 6.45) is 4.73. The minimum absolute atomic E-state index is 0.146. The molecule has 1 amide bonds. The Morgan fingerprint density at radius 3 is 2.37 bits per heavy atom. The summed E-state index contributed by atoms with van der Waals surface area (Å²) in [5, 5.41) is 6.14. The largest absolute Gasteiger partial charge is 0.444 e. The van der Waals surface area contributed by atoms with Crippen LogP contribution < -0.4 is 10.6 Å². The summed E-state index contributed by atoms with van der Waals surface area (Å²) in [4.78, 5) is 41.4. The highest BCUT2D eigenvalue weighted by Gasteiger charge is 2.33. The van der Waals surface area contributed by atoms with Gasteiger partial charge in [-0.05, 0) is 51.8 Å². The fraction of sp³-hybridized carbons (Fsp3) is 0.433. The Bertz CT molecular complexity index is 1210. The molecule has 0 unspecified atom stereocenters. The zero-order chi connectivity index (χ0) is 27.1. The minimum atomic E-state index is -0.555. The number of fused-ring (bicyclic) bond motifs is 2. The van der Waals surface area contributed by atoms with Crippen LogP contribution in [0.5, 0.6) is 0 Å². The molecule has 1 aliphatic heterocycles. The third-order valence-electron chi connectivity index (χ3n) is 6.45. The van der Waals surface area contributed by atoms with Gasteiger partial charge < -0.3 is 20.1 Å². The number of anilines is 1. The Kier molecular flexibility index (Phi) is 8.97. The molecule has 1 saturated heterocycles. The maximum Gasteiger partial charge on any atom is 0.407 e. The van der Waals surface area contributed by atoms with E-state index in [1.54, 1.807) is 24.3 Å². The number of hydrogen-bond donors (Lipinski definition) is 2.